The van der Waals surface area contributed by atoms with Gasteiger partial charge >= 0.3 is 0 Å². The van der Waals surface area contributed by atoms with Crippen LogP contribution in [0.1, 0.15) is 22.0 Å². The fourth-order valence-electron chi connectivity index (χ4n) is 2.89. The first-order valence-electron chi connectivity index (χ1n) is 8.31. The summed E-state index contributed by atoms with van der Waals surface area (Å²) in [6.07, 6.45) is 1.88. The van der Waals surface area contributed by atoms with E-state index < -0.39 is 18.6 Å². The summed E-state index contributed by atoms with van der Waals surface area (Å²) in [5.41, 5.74) is 0.824. The third-order valence-corrected chi connectivity index (χ3v) is 4.33. The van der Waals surface area contributed by atoms with E-state index in [1.807, 2.05) is 0 Å². The van der Waals surface area contributed by atoms with Crippen molar-refractivity contribution in [1.82, 2.24) is 19.5 Å². The number of rotatable bonds is 1. The van der Waals surface area contributed by atoms with Crippen LogP contribution in [0.4, 0.5) is 8.78 Å². The number of carbonyl (C=O) groups is 1. The number of fused-ring (bicyclic) bond motifs is 2. The van der Waals surface area contributed by atoms with Gasteiger partial charge in [0.1, 0.15) is 30.4 Å². The lowest BCUT2D eigenvalue weighted by Crippen LogP contribution is -2.31. The predicted octanol–water partition coefficient (Wildman–Crippen LogP) is 2.42. The Morgan fingerprint density at radius 3 is 3.00 bits per heavy atom. The number of nitrogens with zero attached hydrogens (tertiary/aromatic N) is 4. The number of alkyl halides is 1. The second-order valence-corrected chi connectivity index (χ2v) is 6.11. The van der Waals surface area contributed by atoms with E-state index in [2.05, 4.69) is 10.1 Å². The van der Waals surface area contributed by atoms with Crippen LogP contribution in [-0.2, 0) is 0 Å². The molecule has 3 aromatic rings. The summed E-state index contributed by atoms with van der Waals surface area (Å²) in [4.78, 5) is 18.4. The van der Waals surface area contributed by atoms with Crippen LogP contribution in [0.25, 0.3) is 5.65 Å². The molecule has 0 unspecified atom stereocenters. The first-order chi connectivity index (χ1) is 13.1. The molecule has 0 aliphatic carbocycles. The summed E-state index contributed by atoms with van der Waals surface area (Å²) >= 11 is 0. The lowest BCUT2D eigenvalue weighted by molar-refractivity contribution is 0.0774. The molecule has 1 aliphatic heterocycles. The van der Waals surface area contributed by atoms with Crippen molar-refractivity contribution in [2.75, 3.05) is 26.9 Å². The molecule has 3 heterocycles. The summed E-state index contributed by atoms with van der Waals surface area (Å²) in [5.74, 6) is -0.420. The molecule has 140 valence electrons. The molecule has 0 fully saturated rings. The topological polar surface area (TPSA) is 69.0 Å². The van der Waals surface area contributed by atoms with E-state index in [-0.39, 0.29) is 30.5 Å². The zero-order valence-electron chi connectivity index (χ0n) is 14.4. The van der Waals surface area contributed by atoms with Gasteiger partial charge in [-0.25, -0.2) is 13.3 Å². The van der Waals surface area contributed by atoms with E-state index in [0.717, 1.165) is 0 Å². The Morgan fingerprint density at radius 2 is 2.19 bits per heavy atom. The quantitative estimate of drug-likeness (QED) is 0.654. The Hall–Kier alpha value is -3.23. The van der Waals surface area contributed by atoms with Crippen LogP contribution in [0.3, 0.4) is 0 Å². The number of benzene rings is 1. The van der Waals surface area contributed by atoms with Crippen molar-refractivity contribution in [3.63, 3.8) is 0 Å². The highest BCUT2D eigenvalue weighted by Gasteiger charge is 2.23. The Labute approximate surface area is 153 Å². The number of aromatic nitrogens is 3. The maximum Gasteiger partial charge on any atom is 0.259 e. The molecule has 7 nitrogen and oxygen atoms in total. The van der Waals surface area contributed by atoms with E-state index in [4.69, 9.17) is 9.47 Å². The minimum Gasteiger partial charge on any atom is -0.491 e. The van der Waals surface area contributed by atoms with E-state index in [9.17, 15) is 13.6 Å². The molecule has 9 heteroatoms. The van der Waals surface area contributed by atoms with Crippen molar-refractivity contribution in [3.8, 4) is 11.6 Å². The molecule has 1 atom stereocenters. The van der Waals surface area contributed by atoms with Gasteiger partial charge in [-0.3, -0.25) is 4.79 Å². The highest BCUT2D eigenvalue weighted by atomic mass is 19.1. The SMILES string of the molecule is CN1CCOc2ccc(F)cc2[C@@H](CF)Oc2ccn3ncc(c3n2)C1=O. The summed E-state index contributed by atoms with van der Waals surface area (Å²) in [5, 5.41) is 4.10. The summed E-state index contributed by atoms with van der Waals surface area (Å²) in [7, 11) is 1.63. The van der Waals surface area contributed by atoms with Crippen LogP contribution in [0, 0.1) is 5.82 Å². The zero-order valence-corrected chi connectivity index (χ0v) is 14.4. The molecule has 1 aliphatic rings. The molecule has 4 rings (SSSR count). The number of ether oxygens (including phenoxy) is 2. The number of hydrogen-bond acceptors (Lipinski definition) is 5. The zero-order chi connectivity index (χ0) is 19.0. The number of halogens is 2. The number of amides is 1. The van der Waals surface area contributed by atoms with Crippen LogP contribution in [0.5, 0.6) is 11.6 Å². The highest BCUT2D eigenvalue weighted by Crippen LogP contribution is 2.31. The molecular weight excluding hydrogens is 358 g/mol. The summed E-state index contributed by atoms with van der Waals surface area (Å²) in [6.45, 7) is -0.485. The number of likely N-dealkylation sites (N-methyl/N-ethyl adjacent to an activating group) is 1. The Kier molecular flexibility index (Phi) is 4.35. The molecule has 1 aromatic carbocycles. The highest BCUT2D eigenvalue weighted by molar-refractivity contribution is 5.99. The third kappa shape index (κ3) is 3.16. The maximum atomic E-state index is 13.7. The Balaban J connectivity index is 1.84. The molecule has 0 N–H and O–H groups in total. The summed E-state index contributed by atoms with van der Waals surface area (Å²) < 4.78 is 40.2. The van der Waals surface area contributed by atoms with Crippen LogP contribution in [-0.4, -0.2) is 52.3 Å². The lowest BCUT2D eigenvalue weighted by Gasteiger charge is -2.20. The number of hydrogen-bond donors (Lipinski definition) is 0. The van der Waals surface area contributed by atoms with Crippen molar-refractivity contribution in [2.45, 2.75) is 6.10 Å². The normalized spacial score (nSPS) is 17.5. The molecular formula is C18H16F2N4O3. The fraction of sp³-hybridized carbons (Fsp3) is 0.278. The summed E-state index contributed by atoms with van der Waals surface area (Å²) in [6, 6.07) is 5.32. The van der Waals surface area contributed by atoms with Crippen molar-refractivity contribution >= 4 is 11.6 Å². The standard InChI is InChI=1S/C18H16F2N4O3/c1-23-6-7-26-14-3-2-11(20)8-12(14)15(9-19)27-16-4-5-24-17(22-16)13(10-21-24)18(23)25/h2-5,8,10,15H,6-7,9H2,1H3/t15-/m1/s1. The lowest BCUT2D eigenvalue weighted by atomic mass is 10.1. The van der Waals surface area contributed by atoms with Gasteiger partial charge in [-0.1, -0.05) is 0 Å². The minimum absolute atomic E-state index is 0.0943. The van der Waals surface area contributed by atoms with Crippen LogP contribution in [0.15, 0.2) is 36.7 Å². The van der Waals surface area contributed by atoms with E-state index in [0.29, 0.717) is 17.0 Å². The van der Waals surface area contributed by atoms with Crippen LogP contribution in [0.2, 0.25) is 0 Å². The van der Waals surface area contributed by atoms with Crippen LogP contribution < -0.4 is 9.47 Å². The molecule has 0 spiro atoms. The molecule has 2 bridgehead atoms. The Morgan fingerprint density at radius 1 is 1.33 bits per heavy atom. The average Bonchev–Trinajstić information content (AvgIpc) is 3.09. The third-order valence-electron chi connectivity index (χ3n) is 4.33. The van der Waals surface area contributed by atoms with Gasteiger partial charge in [0, 0.05) is 24.9 Å². The van der Waals surface area contributed by atoms with Gasteiger partial charge in [-0.05, 0) is 18.2 Å². The Bertz CT molecular complexity index is 1010. The molecule has 0 radical (unpaired) electrons. The number of carbonyl (C=O) groups excluding carboxylic acids is 1. The maximum absolute atomic E-state index is 13.7. The first-order valence-corrected chi connectivity index (χ1v) is 8.31. The van der Waals surface area contributed by atoms with Crippen molar-refractivity contribution in [2.24, 2.45) is 0 Å². The predicted molar refractivity (Wildman–Crippen MR) is 91.2 cm³/mol. The monoisotopic (exact) mass is 374 g/mol. The smallest absolute Gasteiger partial charge is 0.259 e. The van der Waals surface area contributed by atoms with Gasteiger partial charge in [-0.15, -0.1) is 0 Å². The minimum atomic E-state index is -1.11. The van der Waals surface area contributed by atoms with Gasteiger partial charge in [0.15, 0.2) is 11.8 Å². The fourth-order valence-corrected chi connectivity index (χ4v) is 2.89. The second-order valence-electron chi connectivity index (χ2n) is 6.11. The van der Waals surface area contributed by atoms with E-state index in [1.54, 1.807) is 13.2 Å². The first kappa shape index (κ1) is 17.2. The van der Waals surface area contributed by atoms with Crippen LogP contribution >= 0.6 is 0 Å². The van der Waals surface area contributed by atoms with E-state index in [1.165, 1.54) is 39.9 Å². The molecule has 1 amide bonds. The van der Waals surface area contributed by atoms with Crippen molar-refractivity contribution < 1.29 is 23.0 Å². The molecule has 0 saturated heterocycles. The van der Waals surface area contributed by atoms with Gasteiger partial charge in [0.2, 0.25) is 5.88 Å². The average molecular weight is 374 g/mol. The van der Waals surface area contributed by atoms with E-state index >= 15 is 0 Å². The molecule has 2 aromatic heterocycles. The van der Waals surface area contributed by atoms with Gasteiger partial charge < -0.3 is 14.4 Å². The van der Waals surface area contributed by atoms with Gasteiger partial charge in [0.05, 0.1) is 12.7 Å². The molecule has 0 saturated carbocycles. The van der Waals surface area contributed by atoms with Gasteiger partial charge in [0.25, 0.3) is 5.91 Å². The second kappa shape index (κ2) is 6.82. The van der Waals surface area contributed by atoms with Gasteiger partial charge in [-0.2, -0.15) is 10.1 Å². The largest absolute Gasteiger partial charge is 0.491 e. The van der Waals surface area contributed by atoms with Crippen molar-refractivity contribution in [1.29, 1.82) is 0 Å². The van der Waals surface area contributed by atoms with Crippen molar-refractivity contribution in [3.05, 3.63) is 53.6 Å². The molecule has 27 heavy (non-hydrogen) atoms.